The molecule has 0 aliphatic carbocycles. The van der Waals surface area contributed by atoms with E-state index < -0.39 is 15.8 Å². The Morgan fingerprint density at radius 3 is 2.43 bits per heavy atom. The lowest BCUT2D eigenvalue weighted by atomic mass is 10.1. The van der Waals surface area contributed by atoms with Crippen LogP contribution in [0, 0.1) is 19.7 Å². The summed E-state index contributed by atoms with van der Waals surface area (Å²) in [5, 5.41) is 0. The number of aliphatic imine (C=N–C) groups is 1. The van der Waals surface area contributed by atoms with E-state index in [0.29, 0.717) is 47.4 Å². The predicted octanol–water partition coefficient (Wildman–Crippen LogP) is 4.64. The number of methoxy groups -OCH3 is 1. The molecule has 9 heteroatoms. The molecule has 35 heavy (non-hydrogen) atoms. The minimum atomic E-state index is -3.81. The molecule has 7 nitrogen and oxygen atoms in total. The molecule has 2 heterocycles. The van der Waals surface area contributed by atoms with Gasteiger partial charge in [0.1, 0.15) is 28.8 Å². The Hall–Kier alpha value is -3.43. The van der Waals surface area contributed by atoms with Gasteiger partial charge in [0.15, 0.2) is 5.75 Å². The van der Waals surface area contributed by atoms with Crippen LogP contribution in [0.3, 0.4) is 0 Å². The Labute approximate surface area is 204 Å². The minimum absolute atomic E-state index is 0.0337. The third kappa shape index (κ3) is 4.37. The van der Waals surface area contributed by atoms with Gasteiger partial charge in [-0.3, -0.25) is 0 Å². The molecular weight excluding hydrogens is 469 g/mol. The molecule has 0 N–H and O–H groups in total. The molecule has 0 spiro atoms. The second-order valence-electron chi connectivity index (χ2n) is 8.67. The van der Waals surface area contributed by atoms with Crippen LogP contribution in [0.15, 0.2) is 64.5 Å². The van der Waals surface area contributed by atoms with Crippen LogP contribution in [0.25, 0.3) is 0 Å². The van der Waals surface area contributed by atoms with E-state index in [1.165, 1.54) is 16.4 Å². The normalized spacial score (nSPS) is 16.0. The Bertz CT molecular complexity index is 1430. The summed E-state index contributed by atoms with van der Waals surface area (Å²) in [6.07, 6.45) is 0. The molecule has 0 atom stereocenters. The van der Waals surface area contributed by atoms with Crippen molar-refractivity contribution in [2.24, 2.45) is 4.99 Å². The average Bonchev–Trinajstić information content (AvgIpc) is 3.01. The number of aryl methyl sites for hydroxylation is 2. The molecule has 2 aliphatic rings. The number of ether oxygens (including phenoxy) is 2. The van der Waals surface area contributed by atoms with Crippen molar-refractivity contribution in [1.29, 1.82) is 0 Å². The third-order valence-corrected chi connectivity index (χ3v) is 8.20. The van der Waals surface area contributed by atoms with Gasteiger partial charge in [-0.15, -0.1) is 0 Å². The number of halogens is 1. The molecule has 2 aliphatic heterocycles. The lowest BCUT2D eigenvalue weighted by molar-refractivity contribution is 0.266. The van der Waals surface area contributed by atoms with Gasteiger partial charge in [0.05, 0.1) is 17.6 Å². The Morgan fingerprint density at radius 1 is 0.943 bits per heavy atom. The molecular formula is C26H26FN3O4S. The first-order valence-electron chi connectivity index (χ1n) is 11.3. The highest BCUT2D eigenvalue weighted by atomic mass is 32.2. The number of benzene rings is 3. The summed E-state index contributed by atoms with van der Waals surface area (Å²) in [4.78, 5) is 6.95. The second kappa shape index (κ2) is 8.98. The van der Waals surface area contributed by atoms with Crippen LogP contribution in [0.2, 0.25) is 0 Å². The number of hydrogen-bond donors (Lipinski definition) is 0. The maximum absolute atomic E-state index is 14.0. The Balaban J connectivity index is 1.46. The molecule has 0 bridgehead atoms. The third-order valence-electron chi connectivity index (χ3n) is 6.31. The number of amidine groups is 1. The Kier molecular flexibility index (Phi) is 5.98. The molecule has 1 saturated heterocycles. The van der Waals surface area contributed by atoms with Crippen LogP contribution in [0.4, 0.5) is 10.1 Å². The Morgan fingerprint density at radius 2 is 1.71 bits per heavy atom. The zero-order valence-corrected chi connectivity index (χ0v) is 20.6. The highest BCUT2D eigenvalue weighted by Crippen LogP contribution is 2.40. The largest absolute Gasteiger partial charge is 0.497 e. The number of nitrogens with zero attached hydrogens (tertiary/aromatic N) is 3. The lowest BCUT2D eigenvalue weighted by Crippen LogP contribution is -2.50. The van der Waals surface area contributed by atoms with Gasteiger partial charge in [-0.25, -0.2) is 17.8 Å². The number of hydrogen-bond acceptors (Lipinski definition) is 6. The first kappa shape index (κ1) is 23.3. The first-order valence-corrected chi connectivity index (χ1v) is 12.8. The summed E-state index contributed by atoms with van der Waals surface area (Å²) >= 11 is 0. The molecule has 0 radical (unpaired) electrons. The summed E-state index contributed by atoms with van der Waals surface area (Å²) in [6, 6.07) is 15.4. The van der Waals surface area contributed by atoms with Gasteiger partial charge in [-0.1, -0.05) is 12.1 Å². The fraction of sp³-hybridized carbons (Fsp3) is 0.269. The number of sulfonamides is 1. The van der Waals surface area contributed by atoms with E-state index in [2.05, 4.69) is 4.90 Å². The summed E-state index contributed by atoms with van der Waals surface area (Å²) in [5.74, 6) is 2.15. The predicted molar refractivity (Wildman–Crippen MR) is 132 cm³/mol. The molecule has 5 rings (SSSR count). The first-order chi connectivity index (χ1) is 16.8. The zero-order chi connectivity index (χ0) is 24.7. The molecule has 0 aromatic heterocycles. The van der Waals surface area contributed by atoms with E-state index in [4.69, 9.17) is 14.5 Å². The number of rotatable bonds is 3. The van der Waals surface area contributed by atoms with Gasteiger partial charge in [0.2, 0.25) is 10.0 Å². The van der Waals surface area contributed by atoms with Crippen LogP contribution in [-0.2, 0) is 10.0 Å². The summed E-state index contributed by atoms with van der Waals surface area (Å²) in [5.41, 5.74) is 2.94. The topological polar surface area (TPSA) is 71.4 Å². The van der Waals surface area contributed by atoms with Crippen molar-refractivity contribution in [3.8, 4) is 17.2 Å². The fourth-order valence-electron chi connectivity index (χ4n) is 4.25. The molecule has 0 saturated carbocycles. The van der Waals surface area contributed by atoms with Gasteiger partial charge in [0.25, 0.3) is 0 Å². The standard InChI is InChI=1S/C26H26FN3O4S/c1-17-4-8-23-25(14-17)34-24-9-6-19(33-3)15-21(24)26(28-23)29-10-12-30(13-11-29)35(31,32)20-7-5-18(2)22(27)16-20/h4-9,14-16H,10-13H2,1-3H3. The monoisotopic (exact) mass is 495 g/mol. The summed E-state index contributed by atoms with van der Waals surface area (Å²) < 4.78 is 53.4. The van der Waals surface area contributed by atoms with Gasteiger partial charge in [0, 0.05) is 26.2 Å². The summed E-state index contributed by atoms with van der Waals surface area (Å²) in [7, 11) is -2.20. The van der Waals surface area contributed by atoms with Crippen LogP contribution < -0.4 is 9.47 Å². The van der Waals surface area contributed by atoms with E-state index in [1.807, 2.05) is 43.3 Å². The van der Waals surface area contributed by atoms with Crippen molar-refractivity contribution in [2.75, 3.05) is 33.3 Å². The van der Waals surface area contributed by atoms with Crippen molar-refractivity contribution >= 4 is 21.5 Å². The van der Waals surface area contributed by atoms with Crippen molar-refractivity contribution in [3.05, 3.63) is 77.1 Å². The highest BCUT2D eigenvalue weighted by Gasteiger charge is 2.32. The second-order valence-corrected chi connectivity index (χ2v) is 10.6. The van der Waals surface area contributed by atoms with Crippen LogP contribution in [0.1, 0.15) is 16.7 Å². The number of fused-ring (bicyclic) bond motifs is 2. The van der Waals surface area contributed by atoms with Gasteiger partial charge >= 0.3 is 0 Å². The van der Waals surface area contributed by atoms with Gasteiger partial charge < -0.3 is 14.4 Å². The van der Waals surface area contributed by atoms with Crippen LogP contribution in [0.5, 0.6) is 17.2 Å². The highest BCUT2D eigenvalue weighted by molar-refractivity contribution is 7.89. The van der Waals surface area contributed by atoms with E-state index in [0.717, 1.165) is 17.2 Å². The summed E-state index contributed by atoms with van der Waals surface area (Å²) in [6.45, 7) is 4.94. The van der Waals surface area contributed by atoms with Crippen LogP contribution in [-0.4, -0.2) is 56.7 Å². The van der Waals surface area contributed by atoms with Gasteiger partial charge in [-0.2, -0.15) is 4.31 Å². The molecule has 0 amide bonds. The average molecular weight is 496 g/mol. The molecule has 182 valence electrons. The fourth-order valence-corrected chi connectivity index (χ4v) is 5.69. The molecule has 0 unspecified atom stereocenters. The van der Waals surface area contributed by atoms with Crippen molar-refractivity contribution in [1.82, 2.24) is 9.21 Å². The van der Waals surface area contributed by atoms with Crippen LogP contribution >= 0.6 is 0 Å². The van der Waals surface area contributed by atoms with Crippen molar-refractivity contribution < 1.29 is 22.3 Å². The van der Waals surface area contributed by atoms with E-state index >= 15 is 0 Å². The van der Waals surface area contributed by atoms with Crippen molar-refractivity contribution in [3.63, 3.8) is 0 Å². The lowest BCUT2D eigenvalue weighted by Gasteiger charge is -2.36. The SMILES string of the molecule is COc1ccc2c(c1)C(N1CCN(S(=O)(=O)c3ccc(C)c(F)c3)CC1)=Nc1ccc(C)cc1O2. The minimum Gasteiger partial charge on any atom is -0.497 e. The molecule has 1 fully saturated rings. The number of piperazine rings is 1. The van der Waals surface area contributed by atoms with Crippen molar-refractivity contribution in [2.45, 2.75) is 18.7 Å². The maximum Gasteiger partial charge on any atom is 0.243 e. The molecule has 3 aromatic carbocycles. The van der Waals surface area contributed by atoms with E-state index in [-0.39, 0.29) is 18.0 Å². The van der Waals surface area contributed by atoms with Gasteiger partial charge in [-0.05, 0) is 67.4 Å². The smallest absolute Gasteiger partial charge is 0.243 e. The van der Waals surface area contributed by atoms with E-state index in [1.54, 1.807) is 14.0 Å². The quantitative estimate of drug-likeness (QED) is 0.529. The van der Waals surface area contributed by atoms with E-state index in [9.17, 15) is 12.8 Å². The maximum atomic E-state index is 14.0. The zero-order valence-electron chi connectivity index (χ0n) is 19.8. The molecule has 3 aromatic rings.